The minimum Gasteiger partial charge on any atom is -0.389 e. The predicted octanol–water partition coefficient (Wildman–Crippen LogP) is 5.87. The van der Waals surface area contributed by atoms with Gasteiger partial charge in [-0.25, -0.2) is 0 Å². The number of aromatic nitrogens is 2. The molecule has 158 valence electrons. The Morgan fingerprint density at radius 3 is 2.86 bits per heavy atom. The highest BCUT2D eigenvalue weighted by Gasteiger charge is 2.27. The molecule has 7 heteroatoms. The standard InChI is InChI=1S/C17H20ClN3OS.C5H11N/c1-22-11-3-2-10(8-11)15-9-16(21-20-15)19-14-5-4-13(18)17-12(14)6-7-23-17;1-4-6-5(2)3/h4-5,9-11H,2-3,6-8H2,1H3,(H2,19,20,21);4-6H,1H2,2-3H3. The SMILES string of the molecule is C=CNC(C)C.COC1CCC(c2cc(Nc3ccc(Cl)c4c3CCS4)n[nH]2)C1. The molecule has 2 aromatic rings. The first-order valence-corrected chi connectivity index (χ1v) is 11.5. The Morgan fingerprint density at radius 1 is 1.38 bits per heavy atom. The highest BCUT2D eigenvalue weighted by Crippen LogP contribution is 2.42. The molecule has 0 radical (unpaired) electrons. The first-order chi connectivity index (χ1) is 14.0. The van der Waals surface area contributed by atoms with Crippen molar-refractivity contribution in [3.8, 4) is 0 Å². The summed E-state index contributed by atoms with van der Waals surface area (Å²) >= 11 is 8.11. The van der Waals surface area contributed by atoms with Crippen LogP contribution in [-0.2, 0) is 11.2 Å². The second kappa shape index (κ2) is 10.4. The molecule has 2 unspecified atom stereocenters. The molecule has 0 amide bonds. The first-order valence-electron chi connectivity index (χ1n) is 10.2. The molecule has 1 aliphatic carbocycles. The second-order valence-corrected chi connectivity index (χ2v) is 9.24. The molecule has 2 heterocycles. The lowest BCUT2D eigenvalue weighted by Gasteiger charge is -2.10. The maximum Gasteiger partial charge on any atom is 0.152 e. The normalized spacial score (nSPS) is 20.2. The Morgan fingerprint density at radius 2 is 2.21 bits per heavy atom. The van der Waals surface area contributed by atoms with Crippen LogP contribution < -0.4 is 10.6 Å². The topological polar surface area (TPSA) is 62.0 Å². The molecule has 4 rings (SSSR count). The molecule has 0 saturated heterocycles. The number of fused-ring (bicyclic) bond motifs is 1. The Balaban J connectivity index is 0.000000353. The lowest BCUT2D eigenvalue weighted by atomic mass is 10.0. The third-order valence-corrected chi connectivity index (χ3v) is 6.87. The van der Waals surface area contributed by atoms with Gasteiger partial charge >= 0.3 is 0 Å². The van der Waals surface area contributed by atoms with Gasteiger partial charge in [-0.3, -0.25) is 5.10 Å². The number of H-pyrrole nitrogens is 1. The summed E-state index contributed by atoms with van der Waals surface area (Å²) in [5, 5.41) is 14.9. The molecule has 2 atom stereocenters. The van der Waals surface area contributed by atoms with Gasteiger partial charge in [-0.2, -0.15) is 5.10 Å². The summed E-state index contributed by atoms with van der Waals surface area (Å²) < 4.78 is 5.46. The van der Waals surface area contributed by atoms with Crippen LogP contribution in [0.2, 0.25) is 5.02 Å². The number of halogens is 1. The number of hydrogen-bond donors (Lipinski definition) is 3. The van der Waals surface area contributed by atoms with Gasteiger partial charge in [0.15, 0.2) is 5.82 Å². The van der Waals surface area contributed by atoms with Crippen LogP contribution in [0.1, 0.15) is 50.3 Å². The molecule has 1 aliphatic heterocycles. The third-order valence-electron chi connectivity index (χ3n) is 5.28. The van der Waals surface area contributed by atoms with Crippen molar-refractivity contribution >= 4 is 34.9 Å². The van der Waals surface area contributed by atoms with Crippen molar-refractivity contribution in [3.05, 3.63) is 47.3 Å². The van der Waals surface area contributed by atoms with Gasteiger partial charge in [0.25, 0.3) is 0 Å². The highest BCUT2D eigenvalue weighted by molar-refractivity contribution is 7.99. The van der Waals surface area contributed by atoms with E-state index in [1.165, 1.54) is 16.2 Å². The van der Waals surface area contributed by atoms with Crippen molar-refractivity contribution in [2.45, 2.75) is 62.5 Å². The second-order valence-electron chi connectivity index (χ2n) is 7.73. The van der Waals surface area contributed by atoms with E-state index < -0.39 is 0 Å². The summed E-state index contributed by atoms with van der Waals surface area (Å²) in [5.41, 5.74) is 3.63. The van der Waals surface area contributed by atoms with Crippen molar-refractivity contribution in [2.75, 3.05) is 18.2 Å². The largest absolute Gasteiger partial charge is 0.389 e. The molecular formula is C22H31ClN4OS. The molecule has 1 aromatic heterocycles. The fourth-order valence-corrected chi connectivity index (χ4v) is 5.24. The summed E-state index contributed by atoms with van der Waals surface area (Å²) in [4.78, 5) is 1.21. The Bertz CT molecular complexity index is 823. The average Bonchev–Trinajstić information content (AvgIpc) is 3.44. The quantitative estimate of drug-likeness (QED) is 0.531. The zero-order valence-corrected chi connectivity index (χ0v) is 19.0. The van der Waals surface area contributed by atoms with Gasteiger partial charge < -0.3 is 15.4 Å². The summed E-state index contributed by atoms with van der Waals surface area (Å²) in [7, 11) is 1.80. The van der Waals surface area contributed by atoms with Crippen LogP contribution in [0.5, 0.6) is 0 Å². The van der Waals surface area contributed by atoms with Crippen LogP contribution in [0.4, 0.5) is 11.5 Å². The van der Waals surface area contributed by atoms with Crippen molar-refractivity contribution in [1.82, 2.24) is 15.5 Å². The van der Waals surface area contributed by atoms with E-state index in [4.69, 9.17) is 16.3 Å². The maximum atomic E-state index is 6.28. The van der Waals surface area contributed by atoms with Crippen molar-refractivity contribution < 1.29 is 4.74 Å². The molecule has 3 N–H and O–H groups in total. The molecule has 1 fully saturated rings. The van der Waals surface area contributed by atoms with E-state index in [-0.39, 0.29) is 0 Å². The number of nitrogens with zero attached hydrogens (tertiary/aromatic N) is 1. The number of rotatable bonds is 6. The van der Waals surface area contributed by atoms with Crippen LogP contribution in [-0.4, -0.2) is 35.2 Å². The van der Waals surface area contributed by atoms with E-state index in [1.807, 2.05) is 17.8 Å². The Kier molecular flexibility index (Phi) is 7.92. The summed E-state index contributed by atoms with van der Waals surface area (Å²) in [6.07, 6.45) is 6.50. The monoisotopic (exact) mass is 434 g/mol. The number of anilines is 2. The summed E-state index contributed by atoms with van der Waals surface area (Å²) in [5.74, 6) is 2.50. The molecule has 0 spiro atoms. The molecule has 2 aliphatic rings. The van der Waals surface area contributed by atoms with Gasteiger partial charge in [0, 0.05) is 47.2 Å². The van der Waals surface area contributed by atoms with Gasteiger partial charge in [0.05, 0.1) is 11.1 Å². The van der Waals surface area contributed by atoms with Crippen molar-refractivity contribution in [1.29, 1.82) is 0 Å². The molecule has 0 bridgehead atoms. The first kappa shape index (κ1) is 22.1. The zero-order chi connectivity index (χ0) is 20.8. The minimum absolute atomic E-state index is 0.385. The van der Waals surface area contributed by atoms with Gasteiger partial charge in [-0.05, 0) is 63.4 Å². The number of ether oxygens (including phenoxy) is 1. The van der Waals surface area contributed by atoms with Crippen molar-refractivity contribution in [2.24, 2.45) is 0 Å². The van der Waals surface area contributed by atoms with E-state index in [0.29, 0.717) is 18.1 Å². The van der Waals surface area contributed by atoms with Crippen LogP contribution >= 0.6 is 23.4 Å². The number of benzene rings is 1. The van der Waals surface area contributed by atoms with E-state index in [2.05, 4.69) is 53.4 Å². The molecule has 5 nitrogen and oxygen atoms in total. The van der Waals surface area contributed by atoms with Gasteiger partial charge in [-0.15, -0.1) is 11.8 Å². The Hall–Kier alpha value is -1.63. The lowest BCUT2D eigenvalue weighted by molar-refractivity contribution is 0.108. The number of hydrogen-bond acceptors (Lipinski definition) is 5. The fraction of sp³-hybridized carbons (Fsp3) is 0.500. The lowest BCUT2D eigenvalue weighted by Crippen LogP contribution is -2.14. The van der Waals surface area contributed by atoms with Crippen LogP contribution in [0.3, 0.4) is 0 Å². The summed E-state index contributed by atoms with van der Waals surface area (Å²) in [6.45, 7) is 7.63. The van der Waals surface area contributed by atoms with Crippen LogP contribution in [0.25, 0.3) is 0 Å². The van der Waals surface area contributed by atoms with Gasteiger partial charge in [-0.1, -0.05) is 18.2 Å². The number of thioether (sulfide) groups is 1. The zero-order valence-electron chi connectivity index (χ0n) is 17.4. The van der Waals surface area contributed by atoms with Gasteiger partial charge in [0.1, 0.15) is 0 Å². The molecule has 29 heavy (non-hydrogen) atoms. The average molecular weight is 435 g/mol. The predicted molar refractivity (Wildman–Crippen MR) is 124 cm³/mol. The molecule has 1 saturated carbocycles. The van der Waals surface area contributed by atoms with E-state index >= 15 is 0 Å². The van der Waals surface area contributed by atoms with E-state index in [1.54, 1.807) is 13.3 Å². The van der Waals surface area contributed by atoms with Crippen LogP contribution in [0.15, 0.2) is 35.9 Å². The van der Waals surface area contributed by atoms with Crippen molar-refractivity contribution in [3.63, 3.8) is 0 Å². The maximum absolute atomic E-state index is 6.28. The fourth-order valence-electron chi connectivity index (χ4n) is 3.80. The molecular weight excluding hydrogens is 404 g/mol. The summed E-state index contributed by atoms with van der Waals surface area (Å²) in [6, 6.07) is 6.68. The Labute approximate surface area is 183 Å². The smallest absolute Gasteiger partial charge is 0.152 e. The van der Waals surface area contributed by atoms with E-state index in [0.717, 1.165) is 48.0 Å². The number of nitrogens with one attached hydrogen (secondary N) is 3. The minimum atomic E-state index is 0.385. The number of aromatic amines is 1. The highest BCUT2D eigenvalue weighted by atomic mass is 35.5. The molecule has 1 aromatic carbocycles. The van der Waals surface area contributed by atoms with E-state index in [9.17, 15) is 0 Å². The number of methoxy groups -OCH3 is 1. The van der Waals surface area contributed by atoms with Crippen LogP contribution in [0, 0.1) is 0 Å². The third kappa shape index (κ3) is 5.71. The van der Waals surface area contributed by atoms with Gasteiger partial charge in [0.2, 0.25) is 0 Å².